The molecule has 1 rings (SSSR count). The third kappa shape index (κ3) is 3.70. The number of hydrogen-bond donors (Lipinski definition) is 2. The second kappa shape index (κ2) is 5.00. The zero-order valence-electron chi connectivity index (χ0n) is 7.84. The van der Waals surface area contributed by atoms with Gasteiger partial charge in [0.2, 0.25) is 0 Å². The van der Waals surface area contributed by atoms with Gasteiger partial charge in [0.1, 0.15) is 6.33 Å². The van der Waals surface area contributed by atoms with Gasteiger partial charge in [0, 0.05) is 32.3 Å². The van der Waals surface area contributed by atoms with E-state index in [4.69, 9.17) is 5.11 Å². The van der Waals surface area contributed by atoms with E-state index in [-0.39, 0.29) is 0 Å². The lowest BCUT2D eigenvalue weighted by Gasteiger charge is -1.95. The van der Waals surface area contributed by atoms with Crippen molar-refractivity contribution in [2.45, 2.75) is 6.42 Å². The minimum absolute atomic E-state index is 0.619. The van der Waals surface area contributed by atoms with Gasteiger partial charge in [-0.2, -0.15) is 5.10 Å². The van der Waals surface area contributed by atoms with Crippen LogP contribution in [0.25, 0.3) is 0 Å². The van der Waals surface area contributed by atoms with E-state index in [9.17, 15) is 4.79 Å². The molecule has 0 aliphatic heterocycles. The van der Waals surface area contributed by atoms with Crippen LogP contribution >= 0.6 is 0 Å². The van der Waals surface area contributed by atoms with Crippen LogP contribution in [0, 0.1) is 0 Å². The molecular formula is C8H12N4O2. The van der Waals surface area contributed by atoms with Gasteiger partial charge in [0.15, 0.2) is 5.82 Å². The summed E-state index contributed by atoms with van der Waals surface area (Å²) in [5.41, 5.74) is 0. The highest BCUT2D eigenvalue weighted by Gasteiger charge is 1.96. The standard InChI is InChI=1S/C8H12N4O2/c1-12-6-10-7(11-12)2-4-9-5-3-8(13)14/h3,5-6,9H,2,4H2,1H3,(H,13,14)/b5-3+. The molecule has 0 saturated heterocycles. The fraction of sp³-hybridized carbons (Fsp3) is 0.375. The van der Waals surface area contributed by atoms with Gasteiger partial charge >= 0.3 is 5.97 Å². The van der Waals surface area contributed by atoms with Crippen molar-refractivity contribution < 1.29 is 9.90 Å². The van der Waals surface area contributed by atoms with Crippen LogP contribution in [-0.2, 0) is 18.3 Å². The van der Waals surface area contributed by atoms with Gasteiger partial charge in [-0.1, -0.05) is 0 Å². The summed E-state index contributed by atoms with van der Waals surface area (Å²) in [5.74, 6) is -0.225. The van der Waals surface area contributed by atoms with Crippen molar-refractivity contribution in [3.8, 4) is 0 Å². The lowest BCUT2D eigenvalue weighted by atomic mass is 10.4. The van der Waals surface area contributed by atoms with E-state index in [0.717, 1.165) is 11.9 Å². The molecule has 0 aromatic carbocycles. The second-order valence-corrected chi connectivity index (χ2v) is 2.71. The predicted octanol–water partition coefficient (Wildman–Crippen LogP) is -0.455. The summed E-state index contributed by atoms with van der Waals surface area (Å²) in [6.07, 6.45) is 4.74. The van der Waals surface area contributed by atoms with Crippen molar-refractivity contribution in [2.24, 2.45) is 7.05 Å². The third-order valence-electron chi connectivity index (χ3n) is 1.48. The number of rotatable bonds is 5. The largest absolute Gasteiger partial charge is 0.478 e. The monoisotopic (exact) mass is 196 g/mol. The Kier molecular flexibility index (Phi) is 3.66. The first-order chi connectivity index (χ1) is 6.68. The molecule has 6 heteroatoms. The summed E-state index contributed by atoms with van der Waals surface area (Å²) in [7, 11) is 1.80. The highest BCUT2D eigenvalue weighted by Crippen LogP contribution is 1.87. The van der Waals surface area contributed by atoms with Crippen LogP contribution in [-0.4, -0.2) is 32.4 Å². The van der Waals surface area contributed by atoms with Gasteiger partial charge in [-0.25, -0.2) is 9.78 Å². The van der Waals surface area contributed by atoms with Crippen molar-refractivity contribution in [3.05, 3.63) is 24.4 Å². The molecule has 1 aromatic rings. The van der Waals surface area contributed by atoms with Gasteiger partial charge in [-0.3, -0.25) is 4.68 Å². The van der Waals surface area contributed by atoms with Crippen molar-refractivity contribution in [1.29, 1.82) is 0 Å². The molecule has 0 spiro atoms. The number of carbonyl (C=O) groups is 1. The first-order valence-electron chi connectivity index (χ1n) is 4.16. The topological polar surface area (TPSA) is 80.0 Å². The van der Waals surface area contributed by atoms with E-state index in [1.54, 1.807) is 18.1 Å². The molecule has 0 atom stereocenters. The number of hydrogen-bond acceptors (Lipinski definition) is 4. The second-order valence-electron chi connectivity index (χ2n) is 2.71. The molecule has 1 heterocycles. The highest BCUT2D eigenvalue weighted by atomic mass is 16.4. The number of aryl methyl sites for hydroxylation is 1. The SMILES string of the molecule is Cn1cnc(CCN/C=C/C(=O)O)n1. The molecule has 0 fully saturated rings. The number of aliphatic carboxylic acids is 1. The fourth-order valence-electron chi connectivity index (χ4n) is 0.896. The van der Waals surface area contributed by atoms with Crippen molar-refractivity contribution in [1.82, 2.24) is 20.1 Å². The van der Waals surface area contributed by atoms with Crippen LogP contribution in [0.3, 0.4) is 0 Å². The Balaban J connectivity index is 2.19. The average molecular weight is 196 g/mol. The van der Waals surface area contributed by atoms with Gasteiger partial charge in [-0.15, -0.1) is 0 Å². The van der Waals surface area contributed by atoms with Gasteiger partial charge < -0.3 is 10.4 Å². The Morgan fingerprint density at radius 2 is 2.57 bits per heavy atom. The van der Waals surface area contributed by atoms with Crippen LogP contribution in [0.1, 0.15) is 5.82 Å². The molecule has 2 N–H and O–H groups in total. The molecule has 0 amide bonds. The number of nitrogens with one attached hydrogen (secondary N) is 1. The van der Waals surface area contributed by atoms with Crippen LogP contribution in [0.5, 0.6) is 0 Å². The molecule has 0 saturated carbocycles. The van der Waals surface area contributed by atoms with Gasteiger partial charge in [0.25, 0.3) is 0 Å². The maximum atomic E-state index is 10.1. The van der Waals surface area contributed by atoms with E-state index >= 15 is 0 Å². The number of carboxylic acid groups (broad SMARTS) is 1. The summed E-state index contributed by atoms with van der Waals surface area (Å²) in [5, 5.41) is 15.2. The van der Waals surface area contributed by atoms with Crippen molar-refractivity contribution in [3.63, 3.8) is 0 Å². The molecular weight excluding hydrogens is 184 g/mol. The fourth-order valence-corrected chi connectivity index (χ4v) is 0.896. The highest BCUT2D eigenvalue weighted by molar-refractivity contribution is 5.79. The predicted molar refractivity (Wildman–Crippen MR) is 49.5 cm³/mol. The number of carboxylic acids is 1. The Bertz CT molecular complexity index is 332. The van der Waals surface area contributed by atoms with E-state index in [1.165, 1.54) is 6.20 Å². The van der Waals surface area contributed by atoms with Crippen molar-refractivity contribution >= 4 is 5.97 Å². The smallest absolute Gasteiger partial charge is 0.329 e. The Morgan fingerprint density at radius 1 is 1.79 bits per heavy atom. The maximum absolute atomic E-state index is 10.1. The van der Waals surface area contributed by atoms with Crippen LogP contribution in [0.4, 0.5) is 0 Å². The molecule has 14 heavy (non-hydrogen) atoms. The number of aromatic nitrogens is 3. The lowest BCUT2D eigenvalue weighted by molar-refractivity contribution is -0.131. The van der Waals surface area contributed by atoms with E-state index in [1.807, 2.05) is 0 Å². The molecule has 0 aliphatic carbocycles. The normalized spacial score (nSPS) is 10.6. The zero-order chi connectivity index (χ0) is 10.4. The average Bonchev–Trinajstić information content (AvgIpc) is 2.50. The van der Waals surface area contributed by atoms with E-state index in [2.05, 4.69) is 15.4 Å². The molecule has 0 aliphatic rings. The summed E-state index contributed by atoms with van der Waals surface area (Å²) in [6, 6.07) is 0. The molecule has 0 bridgehead atoms. The van der Waals surface area contributed by atoms with Gasteiger partial charge in [0.05, 0.1) is 0 Å². The Hall–Kier alpha value is -1.85. The Labute approximate surface area is 81.3 Å². The third-order valence-corrected chi connectivity index (χ3v) is 1.48. The van der Waals surface area contributed by atoms with E-state index < -0.39 is 5.97 Å². The van der Waals surface area contributed by atoms with Gasteiger partial charge in [-0.05, 0) is 0 Å². The lowest BCUT2D eigenvalue weighted by Crippen LogP contribution is -2.11. The minimum atomic E-state index is -0.964. The van der Waals surface area contributed by atoms with E-state index in [0.29, 0.717) is 13.0 Å². The first kappa shape index (κ1) is 10.2. The summed E-state index contributed by atoms with van der Waals surface area (Å²) < 4.78 is 1.63. The van der Waals surface area contributed by atoms with Crippen molar-refractivity contribution in [2.75, 3.05) is 6.54 Å². The zero-order valence-corrected chi connectivity index (χ0v) is 7.84. The van der Waals surface area contributed by atoms with Crippen LogP contribution in [0.2, 0.25) is 0 Å². The van der Waals surface area contributed by atoms with Crippen LogP contribution in [0.15, 0.2) is 18.6 Å². The maximum Gasteiger partial charge on any atom is 0.329 e. The van der Waals surface area contributed by atoms with Crippen LogP contribution < -0.4 is 5.32 Å². The summed E-state index contributed by atoms with van der Waals surface area (Å²) in [4.78, 5) is 14.1. The Morgan fingerprint density at radius 3 is 3.14 bits per heavy atom. The molecule has 0 radical (unpaired) electrons. The minimum Gasteiger partial charge on any atom is -0.478 e. The molecule has 1 aromatic heterocycles. The first-order valence-corrected chi connectivity index (χ1v) is 4.16. The molecule has 76 valence electrons. The molecule has 6 nitrogen and oxygen atoms in total. The summed E-state index contributed by atoms with van der Waals surface area (Å²) in [6.45, 7) is 0.619. The quantitative estimate of drug-likeness (QED) is 0.492. The molecule has 0 unspecified atom stereocenters. The summed E-state index contributed by atoms with van der Waals surface area (Å²) >= 11 is 0. The number of nitrogens with zero attached hydrogens (tertiary/aromatic N) is 3.